The van der Waals surface area contributed by atoms with Gasteiger partial charge in [0.05, 0.1) is 0 Å². The van der Waals surface area contributed by atoms with Gasteiger partial charge >= 0.3 is 5.97 Å². The van der Waals surface area contributed by atoms with Crippen molar-refractivity contribution in [1.29, 1.82) is 0 Å². The summed E-state index contributed by atoms with van der Waals surface area (Å²) >= 11 is 0. The van der Waals surface area contributed by atoms with E-state index in [1.807, 2.05) is 36.4 Å². The first-order valence-electron chi connectivity index (χ1n) is 10.1. The average Bonchev–Trinajstić information content (AvgIpc) is 3.21. The Balaban J connectivity index is 0.000000169. The molecule has 1 aliphatic carbocycles. The number of rotatable bonds is 2. The fourth-order valence-electron chi connectivity index (χ4n) is 3.23. The number of hydrogen-bond acceptors (Lipinski definition) is 4. The third-order valence-corrected chi connectivity index (χ3v) is 4.70. The molecule has 0 fully saturated rings. The number of aromatic hydroxyl groups is 2. The van der Waals surface area contributed by atoms with E-state index >= 15 is 0 Å². The van der Waals surface area contributed by atoms with Gasteiger partial charge in [0.1, 0.15) is 17.2 Å². The Hall–Kier alpha value is -4.31. The number of ether oxygens (including phenoxy) is 1. The molecule has 2 N–H and O–H groups in total. The highest BCUT2D eigenvalue weighted by Crippen LogP contribution is 2.40. The molecule has 0 heterocycles. The van der Waals surface area contributed by atoms with Gasteiger partial charge in [-0.25, -0.2) is 4.79 Å². The van der Waals surface area contributed by atoms with E-state index in [2.05, 4.69) is 24.8 Å². The third kappa shape index (κ3) is 6.09. The van der Waals surface area contributed by atoms with E-state index in [9.17, 15) is 4.79 Å². The van der Waals surface area contributed by atoms with E-state index in [0.717, 1.165) is 17.5 Å². The highest BCUT2D eigenvalue weighted by molar-refractivity contribution is 5.85. The number of carbonyl (C=O) groups excluding carboxylic acids is 1. The van der Waals surface area contributed by atoms with E-state index in [0.29, 0.717) is 17.2 Å². The zero-order valence-corrected chi connectivity index (χ0v) is 17.5. The van der Waals surface area contributed by atoms with Crippen molar-refractivity contribution in [3.05, 3.63) is 127 Å². The van der Waals surface area contributed by atoms with Gasteiger partial charge in [0, 0.05) is 18.1 Å². The zero-order valence-electron chi connectivity index (χ0n) is 17.5. The molecule has 160 valence electrons. The predicted octanol–water partition coefficient (Wildman–Crippen LogP) is 6.13. The van der Waals surface area contributed by atoms with Crippen LogP contribution < -0.4 is 4.74 Å². The minimum atomic E-state index is -0.417. The first-order valence-corrected chi connectivity index (χ1v) is 10.1. The fourth-order valence-corrected chi connectivity index (χ4v) is 3.23. The maximum absolute atomic E-state index is 11.3. The summed E-state index contributed by atoms with van der Waals surface area (Å²) in [6.45, 7) is 3.42. The average molecular weight is 424 g/mol. The van der Waals surface area contributed by atoms with Gasteiger partial charge in [0.15, 0.2) is 0 Å². The molecule has 0 aromatic heterocycles. The maximum atomic E-state index is 11.3. The second-order valence-corrected chi connectivity index (χ2v) is 6.91. The zero-order chi connectivity index (χ0) is 22.8. The lowest BCUT2D eigenvalue weighted by atomic mass is 10.1. The van der Waals surface area contributed by atoms with Crippen molar-refractivity contribution in [2.24, 2.45) is 0 Å². The normalized spacial score (nSPS) is 10.2. The molecule has 0 amide bonds. The molecule has 0 aliphatic heterocycles. The summed E-state index contributed by atoms with van der Waals surface area (Å²) in [5, 5.41) is 17.3. The first kappa shape index (κ1) is 22.4. The molecule has 0 saturated carbocycles. The van der Waals surface area contributed by atoms with Crippen molar-refractivity contribution in [3.8, 4) is 28.4 Å². The quantitative estimate of drug-likeness (QED) is 0.203. The number of fused-ring (bicyclic) bond motifs is 3. The summed E-state index contributed by atoms with van der Waals surface area (Å²) in [5.41, 5.74) is 4.73. The van der Waals surface area contributed by atoms with E-state index in [-0.39, 0.29) is 0 Å². The largest absolute Gasteiger partial charge is 0.508 e. The second-order valence-electron chi connectivity index (χ2n) is 6.91. The first-order chi connectivity index (χ1) is 15.6. The Morgan fingerprint density at radius 1 is 0.719 bits per heavy atom. The Bertz CT molecular complexity index is 1130. The number of esters is 1. The molecular formula is C28H24O4. The standard InChI is InChI=1S/C16H12O2.2C6H6O/c1-2-16(17)18-15-9-5-8-13-12-7-4-3-6-11(12)10-14(13)15;2*7-6-4-2-1-3-5-6/h2-9H,1,10H2;2*1-5,7H. The third-order valence-electron chi connectivity index (χ3n) is 4.70. The molecule has 0 bridgehead atoms. The van der Waals surface area contributed by atoms with Gasteiger partial charge in [-0.3, -0.25) is 0 Å². The molecular weight excluding hydrogens is 400 g/mol. The summed E-state index contributed by atoms with van der Waals surface area (Å²) in [4.78, 5) is 11.3. The fraction of sp³-hybridized carbons (Fsp3) is 0.0357. The Morgan fingerprint density at radius 3 is 1.78 bits per heavy atom. The molecule has 4 nitrogen and oxygen atoms in total. The Labute approximate surface area is 187 Å². The van der Waals surface area contributed by atoms with E-state index in [4.69, 9.17) is 14.9 Å². The van der Waals surface area contributed by atoms with E-state index in [1.54, 1.807) is 48.5 Å². The molecule has 4 aromatic carbocycles. The summed E-state index contributed by atoms with van der Waals surface area (Å²) in [6.07, 6.45) is 1.99. The lowest BCUT2D eigenvalue weighted by Crippen LogP contribution is -2.04. The van der Waals surface area contributed by atoms with Crippen LogP contribution in [0, 0.1) is 0 Å². The molecule has 0 unspecified atom stereocenters. The van der Waals surface area contributed by atoms with Crippen LogP contribution >= 0.6 is 0 Å². The minimum Gasteiger partial charge on any atom is -0.508 e. The summed E-state index contributed by atoms with van der Waals surface area (Å²) in [6, 6.07) is 31.5. The van der Waals surface area contributed by atoms with Crippen molar-refractivity contribution in [2.75, 3.05) is 0 Å². The van der Waals surface area contributed by atoms with Gasteiger partial charge in [-0.2, -0.15) is 0 Å². The number of carbonyl (C=O) groups is 1. The molecule has 1 aliphatic rings. The highest BCUT2D eigenvalue weighted by Gasteiger charge is 2.21. The lowest BCUT2D eigenvalue weighted by molar-refractivity contribution is -0.129. The van der Waals surface area contributed by atoms with Crippen LogP contribution in [0.4, 0.5) is 0 Å². The number of benzene rings is 4. The predicted molar refractivity (Wildman–Crippen MR) is 127 cm³/mol. The SMILES string of the molecule is C=CC(=O)Oc1cccc2c1Cc1ccccc1-2.Oc1ccccc1.Oc1ccccc1. The summed E-state index contributed by atoms with van der Waals surface area (Å²) in [5.74, 6) is 0.859. The molecule has 0 spiro atoms. The van der Waals surface area contributed by atoms with Crippen molar-refractivity contribution in [2.45, 2.75) is 6.42 Å². The molecule has 0 saturated heterocycles. The van der Waals surface area contributed by atoms with Crippen LogP contribution in [0.15, 0.2) is 116 Å². The summed E-state index contributed by atoms with van der Waals surface area (Å²) in [7, 11) is 0. The van der Waals surface area contributed by atoms with Crippen LogP contribution in [0.1, 0.15) is 11.1 Å². The van der Waals surface area contributed by atoms with Crippen LogP contribution in [0.2, 0.25) is 0 Å². The Kier molecular flexibility index (Phi) is 7.82. The summed E-state index contributed by atoms with van der Waals surface area (Å²) < 4.78 is 5.28. The van der Waals surface area contributed by atoms with Gasteiger partial charge in [-0.1, -0.05) is 79.4 Å². The minimum absolute atomic E-state index is 0.322. The molecule has 0 atom stereocenters. The molecule has 0 radical (unpaired) electrons. The molecule has 32 heavy (non-hydrogen) atoms. The molecule has 4 heteroatoms. The van der Waals surface area contributed by atoms with E-state index < -0.39 is 5.97 Å². The topological polar surface area (TPSA) is 66.8 Å². The van der Waals surface area contributed by atoms with Crippen LogP contribution in [0.5, 0.6) is 17.2 Å². The van der Waals surface area contributed by atoms with Gasteiger partial charge < -0.3 is 14.9 Å². The lowest BCUT2D eigenvalue weighted by Gasteiger charge is -2.07. The maximum Gasteiger partial charge on any atom is 0.335 e. The van der Waals surface area contributed by atoms with Gasteiger partial charge in [-0.05, 0) is 47.0 Å². The van der Waals surface area contributed by atoms with Crippen molar-refractivity contribution in [1.82, 2.24) is 0 Å². The monoisotopic (exact) mass is 424 g/mol. The second kappa shape index (κ2) is 11.2. The molecule has 5 rings (SSSR count). The molecule has 4 aromatic rings. The van der Waals surface area contributed by atoms with Gasteiger partial charge in [-0.15, -0.1) is 0 Å². The van der Waals surface area contributed by atoms with Crippen LogP contribution in [-0.4, -0.2) is 16.2 Å². The van der Waals surface area contributed by atoms with Crippen molar-refractivity contribution in [3.63, 3.8) is 0 Å². The highest BCUT2D eigenvalue weighted by atomic mass is 16.5. The smallest absolute Gasteiger partial charge is 0.335 e. The van der Waals surface area contributed by atoms with E-state index in [1.165, 1.54) is 17.2 Å². The van der Waals surface area contributed by atoms with Gasteiger partial charge in [0.2, 0.25) is 0 Å². The number of phenols is 2. The van der Waals surface area contributed by atoms with Crippen molar-refractivity contribution >= 4 is 5.97 Å². The Morgan fingerprint density at radius 2 is 1.25 bits per heavy atom. The number of para-hydroxylation sites is 2. The van der Waals surface area contributed by atoms with Crippen LogP contribution in [0.3, 0.4) is 0 Å². The number of hydrogen-bond donors (Lipinski definition) is 2. The van der Waals surface area contributed by atoms with Crippen LogP contribution in [0.25, 0.3) is 11.1 Å². The number of phenolic OH excluding ortho intramolecular Hbond substituents is 2. The van der Waals surface area contributed by atoms with Gasteiger partial charge in [0.25, 0.3) is 0 Å². The van der Waals surface area contributed by atoms with Crippen LogP contribution in [-0.2, 0) is 11.2 Å². The van der Waals surface area contributed by atoms with Crippen molar-refractivity contribution < 1.29 is 19.7 Å².